The zero-order chi connectivity index (χ0) is 25.9. The number of thiazole rings is 1. The number of halogens is 4. The van der Waals surface area contributed by atoms with E-state index in [4.69, 9.17) is 0 Å². The number of rotatable bonds is 7. The van der Waals surface area contributed by atoms with Crippen molar-refractivity contribution in [2.45, 2.75) is 43.0 Å². The fraction of sp³-hybridized carbons (Fsp3) is 0.231. The molecule has 0 spiro atoms. The highest BCUT2D eigenvalue weighted by Gasteiger charge is 2.25. The molecule has 192 valence electrons. The quantitative estimate of drug-likeness (QED) is 0.239. The van der Waals surface area contributed by atoms with Gasteiger partial charge in [0.15, 0.2) is 21.9 Å². The van der Waals surface area contributed by atoms with E-state index in [1.54, 1.807) is 24.5 Å². The maximum absolute atomic E-state index is 15.8. The van der Waals surface area contributed by atoms with Crippen LogP contribution in [0.25, 0.3) is 21.7 Å². The van der Waals surface area contributed by atoms with Crippen LogP contribution in [0.15, 0.2) is 59.8 Å². The highest BCUT2D eigenvalue weighted by molar-refractivity contribution is 7.86. The molecule has 5 rings (SSSR count). The van der Waals surface area contributed by atoms with E-state index in [2.05, 4.69) is 20.0 Å². The van der Waals surface area contributed by atoms with Crippen LogP contribution in [-0.4, -0.2) is 20.2 Å². The Morgan fingerprint density at radius 3 is 2.41 bits per heavy atom. The van der Waals surface area contributed by atoms with Crippen molar-refractivity contribution in [1.82, 2.24) is 9.97 Å². The molecule has 0 saturated heterocycles. The van der Waals surface area contributed by atoms with Gasteiger partial charge in [0.1, 0.15) is 17.5 Å². The monoisotopic (exact) mass is 546 g/mol. The van der Waals surface area contributed by atoms with Crippen molar-refractivity contribution in [3.05, 3.63) is 78.1 Å². The number of hydrogen-bond donors (Lipinski definition) is 2. The van der Waals surface area contributed by atoms with Gasteiger partial charge in [-0.05, 0) is 60.9 Å². The van der Waals surface area contributed by atoms with Gasteiger partial charge in [-0.15, -0.1) is 0 Å². The van der Waals surface area contributed by atoms with Crippen LogP contribution in [0.1, 0.15) is 32.1 Å². The lowest BCUT2D eigenvalue weighted by atomic mass is 9.96. The topological polar surface area (TPSA) is 66.9 Å². The summed E-state index contributed by atoms with van der Waals surface area (Å²) in [5, 5.41) is 3.94. The van der Waals surface area contributed by atoms with Crippen LogP contribution in [0.3, 0.4) is 0 Å². The molecule has 37 heavy (non-hydrogen) atoms. The van der Waals surface area contributed by atoms with E-state index >= 15 is 8.78 Å². The largest absolute Gasteiger partial charge is 0.359 e. The number of anilines is 2. The second kappa shape index (κ2) is 11.0. The smallest absolute Gasteiger partial charge is 0.184 e. The number of aromatic nitrogens is 2. The molecule has 2 heterocycles. The van der Waals surface area contributed by atoms with Gasteiger partial charge in [-0.3, -0.25) is 9.71 Å². The standard InChI is InChI=1S/C26H22F4N4OS2/c27-16-6-7-18(28)21(14-16)37(35)34-20-9-8-19(29)22(23(20)30)24-25(15-10-12-31-13-11-15)36-26(33-24)32-17-4-2-1-3-5-17/h6-14,17,34H,1-5H2,(H,32,33). The van der Waals surface area contributed by atoms with Crippen LogP contribution < -0.4 is 10.0 Å². The SMILES string of the molecule is O=S(Nc1ccc(F)c(-c2nc(NC3CCCCC3)sc2-c2ccncc2)c1F)c1cc(F)ccc1F. The Morgan fingerprint density at radius 1 is 0.919 bits per heavy atom. The maximum Gasteiger partial charge on any atom is 0.184 e. The number of hydrogen-bond acceptors (Lipinski definition) is 5. The first-order valence-electron chi connectivity index (χ1n) is 11.7. The Bertz CT molecular complexity index is 1440. The predicted octanol–water partition coefficient (Wildman–Crippen LogP) is 7.31. The number of pyridine rings is 1. The van der Waals surface area contributed by atoms with Gasteiger partial charge in [0, 0.05) is 18.4 Å². The molecular formula is C26H22F4N4OS2. The first-order valence-corrected chi connectivity index (χ1v) is 13.7. The molecule has 1 aliphatic carbocycles. The first kappa shape index (κ1) is 25.3. The molecule has 4 aromatic rings. The summed E-state index contributed by atoms with van der Waals surface area (Å²) >= 11 is 1.28. The molecule has 0 bridgehead atoms. The predicted molar refractivity (Wildman–Crippen MR) is 138 cm³/mol. The Kier molecular flexibility index (Phi) is 7.52. The highest BCUT2D eigenvalue weighted by atomic mass is 32.2. The van der Waals surface area contributed by atoms with Crippen molar-refractivity contribution >= 4 is 33.1 Å². The molecule has 0 amide bonds. The van der Waals surface area contributed by atoms with Crippen LogP contribution >= 0.6 is 11.3 Å². The van der Waals surface area contributed by atoms with Gasteiger partial charge in [-0.2, -0.15) is 0 Å². The zero-order valence-corrected chi connectivity index (χ0v) is 21.1. The average molecular weight is 547 g/mol. The van der Waals surface area contributed by atoms with Gasteiger partial charge < -0.3 is 5.32 Å². The average Bonchev–Trinajstić information content (AvgIpc) is 3.31. The van der Waals surface area contributed by atoms with E-state index < -0.39 is 44.7 Å². The maximum atomic E-state index is 15.8. The second-order valence-electron chi connectivity index (χ2n) is 8.64. The summed E-state index contributed by atoms with van der Waals surface area (Å²) < 4.78 is 73.6. The first-order chi connectivity index (χ1) is 17.9. The number of nitrogens with zero attached hydrogens (tertiary/aromatic N) is 2. The van der Waals surface area contributed by atoms with Gasteiger partial charge >= 0.3 is 0 Å². The Balaban J connectivity index is 1.55. The summed E-state index contributed by atoms with van der Waals surface area (Å²) in [7, 11) is -2.34. The lowest BCUT2D eigenvalue weighted by Crippen LogP contribution is -2.22. The molecule has 2 aromatic carbocycles. The highest BCUT2D eigenvalue weighted by Crippen LogP contribution is 2.42. The van der Waals surface area contributed by atoms with E-state index in [-0.39, 0.29) is 17.4 Å². The van der Waals surface area contributed by atoms with E-state index in [0.717, 1.165) is 56.0 Å². The molecule has 1 fully saturated rings. The van der Waals surface area contributed by atoms with E-state index in [1.165, 1.54) is 17.8 Å². The van der Waals surface area contributed by atoms with Gasteiger partial charge in [0.05, 0.1) is 26.7 Å². The van der Waals surface area contributed by atoms with Crippen LogP contribution in [0.4, 0.5) is 28.4 Å². The molecule has 1 saturated carbocycles. The summed E-state index contributed by atoms with van der Waals surface area (Å²) in [5.74, 6) is -3.63. The molecule has 11 heteroatoms. The van der Waals surface area contributed by atoms with Crippen LogP contribution in [0, 0.1) is 23.3 Å². The fourth-order valence-electron chi connectivity index (χ4n) is 4.29. The van der Waals surface area contributed by atoms with Gasteiger partial charge in [-0.25, -0.2) is 26.8 Å². The lowest BCUT2D eigenvalue weighted by molar-refractivity contribution is 0.462. The number of nitrogens with one attached hydrogen (secondary N) is 2. The molecule has 1 atom stereocenters. The molecule has 0 radical (unpaired) electrons. The molecule has 1 unspecified atom stereocenters. The number of benzene rings is 2. The summed E-state index contributed by atoms with van der Waals surface area (Å²) in [6, 6.07) is 8.22. The van der Waals surface area contributed by atoms with Crippen molar-refractivity contribution in [3.8, 4) is 21.7 Å². The Morgan fingerprint density at radius 2 is 1.65 bits per heavy atom. The molecule has 2 aromatic heterocycles. The van der Waals surface area contributed by atoms with Crippen molar-refractivity contribution in [2.75, 3.05) is 10.0 Å². The van der Waals surface area contributed by atoms with Crippen molar-refractivity contribution in [2.24, 2.45) is 0 Å². The Hall–Kier alpha value is -3.31. The third-order valence-electron chi connectivity index (χ3n) is 6.13. The zero-order valence-electron chi connectivity index (χ0n) is 19.4. The third kappa shape index (κ3) is 5.52. The second-order valence-corrected chi connectivity index (χ2v) is 10.8. The van der Waals surface area contributed by atoms with E-state index in [9.17, 15) is 13.0 Å². The molecule has 0 aliphatic heterocycles. The summed E-state index contributed by atoms with van der Waals surface area (Å²) in [4.78, 5) is 8.63. The van der Waals surface area contributed by atoms with Crippen LogP contribution in [0.5, 0.6) is 0 Å². The lowest BCUT2D eigenvalue weighted by Gasteiger charge is -2.22. The molecule has 5 nitrogen and oxygen atoms in total. The van der Waals surface area contributed by atoms with Crippen LogP contribution in [-0.2, 0) is 11.0 Å². The summed E-state index contributed by atoms with van der Waals surface area (Å²) in [6.45, 7) is 0. The summed E-state index contributed by atoms with van der Waals surface area (Å²) in [5.41, 5.74) is 0.00738. The molecule has 1 aliphatic rings. The molecular weight excluding hydrogens is 524 g/mol. The molecule has 2 N–H and O–H groups in total. The van der Waals surface area contributed by atoms with Gasteiger partial charge in [0.25, 0.3) is 0 Å². The van der Waals surface area contributed by atoms with Crippen LogP contribution in [0.2, 0.25) is 0 Å². The van der Waals surface area contributed by atoms with E-state index in [0.29, 0.717) is 15.6 Å². The normalized spacial score (nSPS) is 14.9. The van der Waals surface area contributed by atoms with Crippen molar-refractivity contribution in [1.29, 1.82) is 0 Å². The third-order valence-corrected chi connectivity index (χ3v) is 8.28. The summed E-state index contributed by atoms with van der Waals surface area (Å²) in [6.07, 6.45) is 8.53. The van der Waals surface area contributed by atoms with Crippen molar-refractivity contribution in [3.63, 3.8) is 0 Å². The minimum atomic E-state index is -2.34. The van der Waals surface area contributed by atoms with Crippen molar-refractivity contribution < 1.29 is 21.8 Å². The minimum absolute atomic E-state index is 0.0795. The fourth-order valence-corrected chi connectivity index (χ4v) is 6.28. The Labute approximate surface area is 217 Å². The van der Waals surface area contributed by atoms with Gasteiger partial charge in [0.2, 0.25) is 0 Å². The van der Waals surface area contributed by atoms with Gasteiger partial charge in [-0.1, -0.05) is 30.6 Å². The van der Waals surface area contributed by atoms with E-state index in [1.807, 2.05) is 0 Å². The minimum Gasteiger partial charge on any atom is -0.359 e.